The minimum Gasteiger partial charge on any atom is -0.458 e. The van der Waals surface area contributed by atoms with Gasteiger partial charge < -0.3 is 9.47 Å². The number of hydrogen-bond acceptors (Lipinski definition) is 2. The van der Waals surface area contributed by atoms with Crippen LogP contribution in [0.15, 0.2) is 121 Å². The fraction of sp³-hybridized carbons (Fsp3) is 0.240. The molecule has 0 atom stereocenters. The molecular formula is C50H47BO2. The molecule has 0 unspecified atom stereocenters. The molecule has 0 radical (unpaired) electrons. The summed E-state index contributed by atoms with van der Waals surface area (Å²) in [4.78, 5) is 0. The van der Waals surface area contributed by atoms with Crippen molar-refractivity contribution in [2.45, 2.75) is 78.6 Å². The number of hydrogen-bond donors (Lipinski definition) is 0. The minimum atomic E-state index is -0.0220. The van der Waals surface area contributed by atoms with Gasteiger partial charge in [0.1, 0.15) is 23.0 Å². The molecule has 2 aliphatic heterocycles. The molecule has 7 aromatic rings. The van der Waals surface area contributed by atoms with Crippen LogP contribution in [0.5, 0.6) is 23.0 Å². The SMILES string of the molecule is CC(C)(C)c1ccc(-c2c3ccccc3c(-c3ccc4c5c3Oc3cc(C(C)(C)C)ccc3B5c3ccc(C(C)(C)C)cc3O4)c3ccccc23)cc1. The second-order valence-electron chi connectivity index (χ2n) is 18.2. The smallest absolute Gasteiger partial charge is 0.260 e. The maximum Gasteiger partial charge on any atom is 0.260 e. The van der Waals surface area contributed by atoms with Gasteiger partial charge in [-0.2, -0.15) is 0 Å². The monoisotopic (exact) mass is 690 g/mol. The molecule has 7 aromatic carbocycles. The van der Waals surface area contributed by atoms with Crippen LogP contribution in [0.3, 0.4) is 0 Å². The van der Waals surface area contributed by atoms with Crippen LogP contribution in [-0.2, 0) is 16.2 Å². The van der Waals surface area contributed by atoms with Gasteiger partial charge in [-0.15, -0.1) is 0 Å². The van der Waals surface area contributed by atoms with Crippen LogP contribution in [0, 0.1) is 0 Å². The zero-order valence-electron chi connectivity index (χ0n) is 32.4. The molecule has 2 aliphatic rings. The van der Waals surface area contributed by atoms with Crippen LogP contribution >= 0.6 is 0 Å². The van der Waals surface area contributed by atoms with Crippen LogP contribution in [0.2, 0.25) is 0 Å². The molecule has 0 aliphatic carbocycles. The molecule has 3 heteroatoms. The first-order valence-electron chi connectivity index (χ1n) is 19.0. The number of ether oxygens (including phenoxy) is 2. The van der Waals surface area contributed by atoms with Crippen LogP contribution in [-0.4, -0.2) is 6.71 Å². The van der Waals surface area contributed by atoms with Gasteiger partial charge in [-0.25, -0.2) is 0 Å². The molecule has 0 amide bonds. The van der Waals surface area contributed by atoms with Gasteiger partial charge in [-0.1, -0.05) is 159 Å². The van der Waals surface area contributed by atoms with Crippen LogP contribution in [0.1, 0.15) is 79.0 Å². The first kappa shape index (κ1) is 33.6. The van der Waals surface area contributed by atoms with Gasteiger partial charge in [0.05, 0.1) is 0 Å². The Labute approximate surface area is 314 Å². The summed E-state index contributed by atoms with van der Waals surface area (Å²) in [5.74, 6) is 3.60. The van der Waals surface area contributed by atoms with E-state index in [1.54, 1.807) is 0 Å². The van der Waals surface area contributed by atoms with E-state index >= 15 is 0 Å². The van der Waals surface area contributed by atoms with Gasteiger partial charge in [0.25, 0.3) is 6.71 Å². The highest BCUT2D eigenvalue weighted by molar-refractivity contribution is 6.98. The second kappa shape index (κ2) is 11.6. The van der Waals surface area contributed by atoms with Crippen molar-refractivity contribution in [2.24, 2.45) is 0 Å². The van der Waals surface area contributed by atoms with Crippen molar-refractivity contribution in [3.8, 4) is 45.3 Å². The van der Waals surface area contributed by atoms with Crippen molar-refractivity contribution < 1.29 is 9.47 Å². The summed E-state index contributed by atoms with van der Waals surface area (Å²) in [5, 5.41) is 4.87. The Kier molecular flexibility index (Phi) is 7.35. The van der Waals surface area contributed by atoms with E-state index in [2.05, 4.69) is 184 Å². The van der Waals surface area contributed by atoms with Crippen molar-refractivity contribution in [3.63, 3.8) is 0 Å². The summed E-state index contributed by atoms with van der Waals surface area (Å²) in [6, 6.07) is 45.0. The third-order valence-electron chi connectivity index (χ3n) is 11.5. The molecule has 262 valence electrons. The zero-order valence-corrected chi connectivity index (χ0v) is 32.4. The maximum atomic E-state index is 7.22. The lowest BCUT2D eigenvalue weighted by atomic mass is 9.34. The summed E-state index contributed by atoms with van der Waals surface area (Å²) in [6.45, 7) is 20.4. The summed E-state index contributed by atoms with van der Waals surface area (Å²) < 4.78 is 14.1. The highest BCUT2D eigenvalue weighted by Gasteiger charge is 2.42. The van der Waals surface area contributed by atoms with E-state index in [0.717, 1.165) is 34.0 Å². The molecular weight excluding hydrogens is 643 g/mol. The predicted molar refractivity (Wildman–Crippen MR) is 226 cm³/mol. The predicted octanol–water partition coefficient (Wildman–Crippen LogP) is 11.9. The Balaban J connectivity index is 1.33. The Hall–Kier alpha value is -5.28. The van der Waals surface area contributed by atoms with E-state index < -0.39 is 0 Å². The summed E-state index contributed by atoms with van der Waals surface area (Å²) in [6.07, 6.45) is 0. The molecule has 9 rings (SSSR count). The third kappa shape index (κ3) is 5.39. The lowest BCUT2D eigenvalue weighted by Crippen LogP contribution is -2.57. The molecule has 0 saturated carbocycles. The average molecular weight is 691 g/mol. The molecule has 2 heterocycles. The third-order valence-corrected chi connectivity index (χ3v) is 11.5. The fourth-order valence-corrected chi connectivity index (χ4v) is 8.48. The first-order chi connectivity index (χ1) is 25.2. The molecule has 0 bridgehead atoms. The maximum absolute atomic E-state index is 7.22. The number of benzene rings is 7. The lowest BCUT2D eigenvalue weighted by Gasteiger charge is -2.35. The van der Waals surface area contributed by atoms with Gasteiger partial charge >= 0.3 is 0 Å². The Morgan fingerprint density at radius 3 is 1.36 bits per heavy atom. The van der Waals surface area contributed by atoms with Gasteiger partial charge in [0, 0.05) is 16.6 Å². The van der Waals surface area contributed by atoms with Gasteiger partial charge in [0.15, 0.2) is 0 Å². The molecule has 0 saturated heterocycles. The topological polar surface area (TPSA) is 18.5 Å². The van der Waals surface area contributed by atoms with Crippen molar-refractivity contribution in [1.29, 1.82) is 0 Å². The summed E-state index contributed by atoms with van der Waals surface area (Å²) in [5.41, 5.74) is 12.1. The van der Waals surface area contributed by atoms with Crippen LogP contribution < -0.4 is 25.9 Å². The second-order valence-corrected chi connectivity index (χ2v) is 18.2. The van der Waals surface area contributed by atoms with E-state index in [9.17, 15) is 0 Å². The molecule has 0 fully saturated rings. The minimum absolute atomic E-state index is 0.00574. The Morgan fingerprint density at radius 1 is 0.415 bits per heavy atom. The van der Waals surface area contributed by atoms with E-state index in [-0.39, 0.29) is 23.0 Å². The Bertz CT molecular complexity index is 2540. The molecule has 0 N–H and O–H groups in total. The lowest BCUT2D eigenvalue weighted by molar-refractivity contribution is 0.462. The molecule has 2 nitrogen and oxygen atoms in total. The highest BCUT2D eigenvalue weighted by atomic mass is 16.5. The standard InChI is InChI=1S/C50H47BO2/c1-48(2,3)31-20-18-30(19-21-31)44-34-14-10-12-16-36(34)45(37-17-13-11-15-35(37)44)38-24-27-41-46-47(38)53-43-29-33(50(7,8)9)23-26-40(43)51(46)39-25-22-32(49(4,5)6)28-42(39)52-41/h10-29H,1-9H3. The van der Waals surface area contributed by atoms with E-state index in [1.807, 2.05) is 0 Å². The van der Waals surface area contributed by atoms with E-state index in [4.69, 9.17) is 9.47 Å². The number of rotatable bonds is 2. The summed E-state index contributed by atoms with van der Waals surface area (Å²) >= 11 is 0. The highest BCUT2D eigenvalue weighted by Crippen LogP contribution is 2.49. The fourth-order valence-electron chi connectivity index (χ4n) is 8.48. The first-order valence-corrected chi connectivity index (χ1v) is 19.0. The normalized spacial score (nSPS) is 13.6. The van der Waals surface area contributed by atoms with Crippen LogP contribution in [0.4, 0.5) is 0 Å². The molecule has 0 spiro atoms. The van der Waals surface area contributed by atoms with Crippen molar-refractivity contribution in [1.82, 2.24) is 0 Å². The van der Waals surface area contributed by atoms with E-state index in [0.29, 0.717) is 0 Å². The van der Waals surface area contributed by atoms with Crippen LogP contribution in [0.25, 0.3) is 43.8 Å². The van der Waals surface area contributed by atoms with Crippen molar-refractivity contribution in [3.05, 3.63) is 138 Å². The quantitative estimate of drug-likeness (QED) is 0.133. The molecule has 53 heavy (non-hydrogen) atoms. The summed E-state index contributed by atoms with van der Waals surface area (Å²) in [7, 11) is 0. The van der Waals surface area contributed by atoms with Crippen molar-refractivity contribution in [2.75, 3.05) is 0 Å². The van der Waals surface area contributed by atoms with Gasteiger partial charge in [0.2, 0.25) is 0 Å². The number of fused-ring (bicyclic) bond motifs is 6. The van der Waals surface area contributed by atoms with E-state index in [1.165, 1.54) is 65.9 Å². The van der Waals surface area contributed by atoms with Gasteiger partial charge in [-0.3, -0.25) is 0 Å². The average Bonchev–Trinajstić information content (AvgIpc) is 3.12. The molecule has 0 aromatic heterocycles. The largest absolute Gasteiger partial charge is 0.458 e. The zero-order chi connectivity index (χ0) is 37.0. The van der Waals surface area contributed by atoms with Gasteiger partial charge in [-0.05, 0) is 101 Å². The van der Waals surface area contributed by atoms with Crippen molar-refractivity contribution >= 4 is 44.6 Å². The Morgan fingerprint density at radius 2 is 0.868 bits per heavy atom.